The van der Waals surface area contributed by atoms with Crippen molar-refractivity contribution < 1.29 is 24.5 Å². The second-order valence-electron chi connectivity index (χ2n) is 15.7. The summed E-state index contributed by atoms with van der Waals surface area (Å²) in [5.41, 5.74) is 0. The number of nitrogens with one attached hydrogen (secondary N) is 1. The molecule has 316 valence electrons. The topological polar surface area (TPSA) is 95.9 Å². The molecule has 0 aromatic carbocycles. The fourth-order valence-electron chi connectivity index (χ4n) is 6.78. The molecular weight excluding hydrogens is 671 g/mol. The van der Waals surface area contributed by atoms with E-state index in [2.05, 4.69) is 43.5 Å². The van der Waals surface area contributed by atoms with Gasteiger partial charge < -0.3 is 20.3 Å². The average molecular weight is 760 g/mol. The van der Waals surface area contributed by atoms with Crippen LogP contribution in [0.4, 0.5) is 0 Å². The van der Waals surface area contributed by atoms with Gasteiger partial charge in [0.05, 0.1) is 25.4 Å². The normalized spacial score (nSPS) is 13.0. The maximum absolute atomic E-state index is 12.3. The van der Waals surface area contributed by atoms with E-state index in [0.29, 0.717) is 19.4 Å². The van der Waals surface area contributed by atoms with Gasteiger partial charge in [-0.3, -0.25) is 9.59 Å². The minimum atomic E-state index is -0.851. The third-order valence-corrected chi connectivity index (χ3v) is 10.4. The van der Waals surface area contributed by atoms with Gasteiger partial charge in [0, 0.05) is 12.8 Å². The van der Waals surface area contributed by atoms with Crippen LogP contribution < -0.4 is 5.32 Å². The van der Waals surface area contributed by atoms with E-state index < -0.39 is 12.1 Å². The standard InChI is InChI=1S/C48H89NO5/c1-3-5-7-9-11-13-14-15-16-19-22-26-30-34-38-42-48(53)54-43-39-35-31-27-23-20-17-18-21-25-29-33-37-41-47(52)49-45(44-50)46(51)40-36-32-28-24-12-10-8-6-4-2/h11,13,15-16,36,40,45-46,50-51H,3-10,12,14,17-35,37-39,41-44H2,1-2H3,(H,49,52)/b13-11-,16-15-,40-36+. The highest BCUT2D eigenvalue weighted by molar-refractivity contribution is 5.76. The van der Waals surface area contributed by atoms with E-state index >= 15 is 0 Å². The number of hydrogen-bond donors (Lipinski definition) is 3. The first-order valence-electron chi connectivity index (χ1n) is 23.3. The number of unbranched alkanes of at least 4 members (excludes halogenated alkanes) is 27. The van der Waals surface area contributed by atoms with Crippen LogP contribution in [0.15, 0.2) is 36.5 Å². The van der Waals surface area contributed by atoms with Gasteiger partial charge in [-0.1, -0.05) is 192 Å². The molecule has 0 saturated carbocycles. The maximum Gasteiger partial charge on any atom is 0.305 e. The molecule has 6 nitrogen and oxygen atoms in total. The molecule has 2 atom stereocenters. The fraction of sp³-hybridized carbons (Fsp3) is 0.833. The molecule has 0 heterocycles. The Kier molecular flexibility index (Phi) is 42.2. The number of carbonyl (C=O) groups excluding carboxylic acids is 2. The lowest BCUT2D eigenvalue weighted by Crippen LogP contribution is -2.45. The Balaban J connectivity index is 3.47. The Morgan fingerprint density at radius 2 is 0.926 bits per heavy atom. The first-order valence-corrected chi connectivity index (χ1v) is 23.3. The molecule has 0 fully saturated rings. The second-order valence-corrected chi connectivity index (χ2v) is 15.7. The van der Waals surface area contributed by atoms with Gasteiger partial charge >= 0.3 is 5.97 Å². The van der Waals surface area contributed by atoms with E-state index in [0.717, 1.165) is 70.6 Å². The number of allylic oxidation sites excluding steroid dienone is 5. The van der Waals surface area contributed by atoms with Crippen molar-refractivity contribution in [2.75, 3.05) is 13.2 Å². The monoisotopic (exact) mass is 760 g/mol. The Hall–Kier alpha value is -1.92. The molecule has 0 rings (SSSR count). The van der Waals surface area contributed by atoms with Crippen molar-refractivity contribution >= 4 is 11.9 Å². The molecule has 0 aromatic heterocycles. The molecule has 1 amide bonds. The molecular formula is C48H89NO5. The van der Waals surface area contributed by atoms with Gasteiger partial charge in [0.1, 0.15) is 0 Å². The van der Waals surface area contributed by atoms with Gasteiger partial charge in [-0.05, 0) is 64.2 Å². The first-order chi connectivity index (χ1) is 26.5. The van der Waals surface area contributed by atoms with Crippen LogP contribution in [-0.2, 0) is 14.3 Å². The number of esters is 1. The highest BCUT2D eigenvalue weighted by Crippen LogP contribution is 2.14. The SMILES string of the molecule is CCCCC/C=C\C/C=C\CCCCCCCC(=O)OCCCCCCCCCCCCCCCC(=O)NC(CO)C(O)/C=C/CCCCCCCCC. The zero-order valence-electron chi connectivity index (χ0n) is 35.7. The van der Waals surface area contributed by atoms with Crippen molar-refractivity contribution in [3.8, 4) is 0 Å². The zero-order chi connectivity index (χ0) is 39.4. The quantitative estimate of drug-likeness (QED) is 0.0327. The van der Waals surface area contributed by atoms with Crippen molar-refractivity contribution in [3.05, 3.63) is 36.5 Å². The summed E-state index contributed by atoms with van der Waals surface area (Å²) in [5.74, 6) is -0.108. The summed E-state index contributed by atoms with van der Waals surface area (Å²) in [6.07, 6.45) is 51.3. The minimum absolute atomic E-state index is 0.0222. The highest BCUT2D eigenvalue weighted by atomic mass is 16.5. The third-order valence-electron chi connectivity index (χ3n) is 10.4. The van der Waals surface area contributed by atoms with Crippen molar-refractivity contribution in [3.63, 3.8) is 0 Å². The van der Waals surface area contributed by atoms with Crippen LogP contribution in [0.3, 0.4) is 0 Å². The molecule has 0 aliphatic carbocycles. The van der Waals surface area contributed by atoms with Crippen LogP contribution in [-0.4, -0.2) is 47.4 Å². The van der Waals surface area contributed by atoms with Crippen molar-refractivity contribution in [1.82, 2.24) is 5.32 Å². The smallest absolute Gasteiger partial charge is 0.305 e. The van der Waals surface area contributed by atoms with Gasteiger partial charge in [-0.15, -0.1) is 0 Å². The van der Waals surface area contributed by atoms with Crippen LogP contribution in [0.25, 0.3) is 0 Å². The van der Waals surface area contributed by atoms with E-state index in [4.69, 9.17) is 4.74 Å². The second kappa shape index (κ2) is 43.8. The number of ether oxygens (including phenoxy) is 1. The molecule has 0 spiro atoms. The predicted molar refractivity (Wildman–Crippen MR) is 232 cm³/mol. The molecule has 0 bridgehead atoms. The Labute approximate surface area is 334 Å². The Morgan fingerprint density at radius 3 is 1.44 bits per heavy atom. The van der Waals surface area contributed by atoms with Crippen LogP contribution in [0, 0.1) is 0 Å². The van der Waals surface area contributed by atoms with Crippen molar-refractivity contribution in [1.29, 1.82) is 0 Å². The summed E-state index contributed by atoms with van der Waals surface area (Å²) in [6, 6.07) is -0.636. The van der Waals surface area contributed by atoms with Gasteiger partial charge in [0.15, 0.2) is 0 Å². The molecule has 0 aromatic rings. The first kappa shape index (κ1) is 52.1. The summed E-state index contributed by atoms with van der Waals surface area (Å²) < 4.78 is 5.44. The fourth-order valence-corrected chi connectivity index (χ4v) is 6.78. The van der Waals surface area contributed by atoms with Crippen LogP contribution in [0.2, 0.25) is 0 Å². The van der Waals surface area contributed by atoms with E-state index in [1.54, 1.807) is 6.08 Å². The van der Waals surface area contributed by atoms with E-state index in [1.807, 2.05) is 6.08 Å². The molecule has 0 aliphatic rings. The molecule has 0 radical (unpaired) electrons. The molecule has 0 saturated heterocycles. The lowest BCUT2D eigenvalue weighted by Gasteiger charge is -2.20. The Bertz CT molecular complexity index is 884. The Morgan fingerprint density at radius 1 is 0.519 bits per heavy atom. The molecule has 3 N–H and O–H groups in total. The lowest BCUT2D eigenvalue weighted by molar-refractivity contribution is -0.143. The number of amides is 1. The third kappa shape index (κ3) is 39.8. The van der Waals surface area contributed by atoms with Gasteiger partial charge in [0.25, 0.3) is 0 Å². The molecule has 2 unspecified atom stereocenters. The summed E-state index contributed by atoms with van der Waals surface area (Å²) in [7, 11) is 0. The lowest BCUT2D eigenvalue weighted by atomic mass is 10.0. The van der Waals surface area contributed by atoms with Gasteiger partial charge in [-0.2, -0.15) is 0 Å². The summed E-state index contributed by atoms with van der Waals surface area (Å²) >= 11 is 0. The van der Waals surface area contributed by atoms with Crippen LogP contribution in [0.1, 0.15) is 232 Å². The summed E-state index contributed by atoms with van der Waals surface area (Å²) in [5, 5.41) is 22.9. The average Bonchev–Trinajstić information content (AvgIpc) is 3.17. The van der Waals surface area contributed by atoms with E-state index in [9.17, 15) is 19.8 Å². The largest absolute Gasteiger partial charge is 0.466 e. The van der Waals surface area contributed by atoms with Crippen molar-refractivity contribution in [2.45, 2.75) is 244 Å². The van der Waals surface area contributed by atoms with E-state index in [-0.39, 0.29) is 18.5 Å². The number of hydrogen-bond acceptors (Lipinski definition) is 5. The minimum Gasteiger partial charge on any atom is -0.466 e. The zero-order valence-corrected chi connectivity index (χ0v) is 35.7. The number of aliphatic hydroxyl groups is 2. The number of carbonyl (C=O) groups is 2. The summed E-state index contributed by atoms with van der Waals surface area (Å²) in [6.45, 7) is 4.80. The van der Waals surface area contributed by atoms with Crippen molar-refractivity contribution in [2.24, 2.45) is 0 Å². The molecule has 0 aliphatic heterocycles. The van der Waals surface area contributed by atoms with Gasteiger partial charge in [0.2, 0.25) is 5.91 Å². The highest BCUT2D eigenvalue weighted by Gasteiger charge is 2.18. The van der Waals surface area contributed by atoms with Crippen LogP contribution in [0.5, 0.6) is 0 Å². The maximum atomic E-state index is 12.3. The number of rotatable bonds is 42. The van der Waals surface area contributed by atoms with E-state index in [1.165, 1.54) is 135 Å². The predicted octanol–water partition coefficient (Wildman–Crippen LogP) is 13.3. The molecule has 54 heavy (non-hydrogen) atoms. The van der Waals surface area contributed by atoms with Crippen LogP contribution >= 0.6 is 0 Å². The number of aliphatic hydroxyl groups excluding tert-OH is 2. The summed E-state index contributed by atoms with van der Waals surface area (Å²) in [4.78, 5) is 24.3. The van der Waals surface area contributed by atoms with Gasteiger partial charge in [-0.25, -0.2) is 0 Å². The molecule has 6 heteroatoms.